The number of amides is 1. The predicted molar refractivity (Wildman–Crippen MR) is 124 cm³/mol. The van der Waals surface area contributed by atoms with Gasteiger partial charge in [0.1, 0.15) is 12.3 Å². The molecule has 0 aliphatic rings. The summed E-state index contributed by atoms with van der Waals surface area (Å²) in [5.41, 5.74) is 2.13. The maximum Gasteiger partial charge on any atom is 0.287 e. The molecular formula is C21H17N5O5S2. The van der Waals surface area contributed by atoms with Crippen molar-refractivity contribution in [3.8, 4) is 17.0 Å². The Bertz CT molecular complexity index is 1380. The molecule has 2 heterocycles. The molecule has 10 nitrogen and oxygen atoms in total. The van der Waals surface area contributed by atoms with Gasteiger partial charge in [-0.15, -0.1) is 16.4 Å². The highest BCUT2D eigenvalue weighted by Crippen LogP contribution is 2.27. The Hall–Kier alpha value is -3.90. The molecule has 12 heteroatoms. The second-order valence-electron chi connectivity index (χ2n) is 6.92. The molecule has 0 aliphatic heterocycles. The Balaban J connectivity index is 1.37. The molecule has 0 saturated carbocycles. The van der Waals surface area contributed by atoms with Crippen molar-refractivity contribution < 1.29 is 18.9 Å². The number of nitro benzene ring substituents is 1. The van der Waals surface area contributed by atoms with Gasteiger partial charge in [0.05, 0.1) is 10.6 Å². The molecule has 0 bridgehead atoms. The number of hydrogen-bond donors (Lipinski definition) is 1. The number of carbonyl (C=O) groups excluding carboxylic acids is 1. The molecule has 2 aromatic carbocycles. The van der Waals surface area contributed by atoms with E-state index in [0.29, 0.717) is 22.1 Å². The lowest BCUT2D eigenvalue weighted by molar-refractivity contribution is -0.384. The number of nitro groups is 1. The summed E-state index contributed by atoms with van der Waals surface area (Å²) in [7, 11) is 0. The van der Waals surface area contributed by atoms with Crippen molar-refractivity contribution in [2.24, 2.45) is 0 Å². The van der Waals surface area contributed by atoms with Gasteiger partial charge < -0.3 is 14.5 Å². The number of ether oxygens (including phenoxy) is 1. The minimum absolute atomic E-state index is 0.0336. The molecule has 4 rings (SSSR count). The zero-order valence-corrected chi connectivity index (χ0v) is 18.9. The first kappa shape index (κ1) is 22.3. The van der Waals surface area contributed by atoms with Crippen molar-refractivity contribution >= 4 is 40.3 Å². The van der Waals surface area contributed by atoms with Crippen molar-refractivity contribution in [2.75, 3.05) is 5.32 Å². The van der Waals surface area contributed by atoms with Crippen LogP contribution in [0, 0.1) is 21.9 Å². The maximum absolute atomic E-state index is 12.4. The minimum Gasteiger partial charge on any atom is -0.484 e. The van der Waals surface area contributed by atoms with Gasteiger partial charge in [0, 0.05) is 23.1 Å². The Morgan fingerprint density at radius 2 is 2.12 bits per heavy atom. The van der Waals surface area contributed by atoms with E-state index in [4.69, 9.17) is 21.4 Å². The zero-order chi connectivity index (χ0) is 23.4. The van der Waals surface area contributed by atoms with Gasteiger partial charge in [-0.2, -0.15) is 0 Å². The first-order valence-corrected chi connectivity index (χ1v) is 10.9. The lowest BCUT2D eigenvalue weighted by Crippen LogP contribution is -2.19. The molecule has 0 saturated heterocycles. The summed E-state index contributed by atoms with van der Waals surface area (Å²) in [5.74, 6) is 0.522. The largest absolute Gasteiger partial charge is 0.484 e. The molecular weight excluding hydrogens is 466 g/mol. The summed E-state index contributed by atoms with van der Waals surface area (Å²) >= 11 is 6.34. The Labute approximate surface area is 196 Å². The van der Waals surface area contributed by atoms with Crippen LogP contribution >= 0.6 is 23.6 Å². The van der Waals surface area contributed by atoms with Crippen LogP contribution in [-0.2, 0) is 17.9 Å². The fourth-order valence-electron chi connectivity index (χ4n) is 2.90. The van der Waals surface area contributed by atoms with Crippen LogP contribution in [0.15, 0.2) is 58.3 Å². The monoisotopic (exact) mass is 483 g/mol. The van der Waals surface area contributed by atoms with Crippen LogP contribution < -0.4 is 10.1 Å². The first-order valence-electron chi connectivity index (χ1n) is 9.64. The van der Waals surface area contributed by atoms with Gasteiger partial charge in [-0.25, -0.2) is 9.67 Å². The van der Waals surface area contributed by atoms with Crippen LogP contribution in [0.1, 0.15) is 11.5 Å². The van der Waals surface area contributed by atoms with Crippen LogP contribution in [0.2, 0.25) is 0 Å². The van der Waals surface area contributed by atoms with E-state index in [2.05, 4.69) is 15.4 Å². The van der Waals surface area contributed by atoms with E-state index in [1.807, 2.05) is 31.2 Å². The molecule has 4 aromatic rings. The number of aromatic nitrogens is 3. The van der Waals surface area contributed by atoms with Gasteiger partial charge in [-0.05, 0) is 36.8 Å². The first-order chi connectivity index (χ1) is 15.9. The Morgan fingerprint density at radius 3 is 2.91 bits per heavy atom. The number of benzene rings is 2. The van der Waals surface area contributed by atoms with E-state index in [1.165, 1.54) is 28.2 Å². The molecule has 1 amide bonds. The highest BCUT2D eigenvalue weighted by molar-refractivity contribution is 7.71. The van der Waals surface area contributed by atoms with Crippen molar-refractivity contribution in [3.63, 3.8) is 0 Å². The average Bonchev–Trinajstić information content (AvgIpc) is 3.39. The van der Waals surface area contributed by atoms with E-state index < -0.39 is 10.8 Å². The van der Waals surface area contributed by atoms with Gasteiger partial charge in [0.15, 0.2) is 11.7 Å². The number of aryl methyl sites for hydroxylation is 1. The van der Waals surface area contributed by atoms with E-state index in [9.17, 15) is 14.9 Å². The van der Waals surface area contributed by atoms with Crippen molar-refractivity contribution in [2.45, 2.75) is 20.1 Å². The summed E-state index contributed by atoms with van der Waals surface area (Å²) in [6, 6.07) is 13.7. The van der Waals surface area contributed by atoms with E-state index in [-0.39, 0.29) is 29.6 Å². The highest BCUT2D eigenvalue weighted by Gasteiger charge is 2.14. The molecule has 0 spiro atoms. The van der Waals surface area contributed by atoms with E-state index in [1.54, 1.807) is 17.5 Å². The van der Waals surface area contributed by atoms with Crippen LogP contribution in [0.4, 0.5) is 10.8 Å². The lowest BCUT2D eigenvalue weighted by atomic mass is 10.1. The molecule has 0 fully saturated rings. The number of carbonyl (C=O) groups is 1. The maximum atomic E-state index is 12.4. The fourth-order valence-corrected chi connectivity index (χ4v) is 3.83. The summed E-state index contributed by atoms with van der Waals surface area (Å²) < 4.78 is 12.3. The van der Waals surface area contributed by atoms with E-state index in [0.717, 1.165) is 5.56 Å². The normalized spacial score (nSPS) is 10.7. The molecule has 0 atom stereocenters. The van der Waals surface area contributed by atoms with Crippen LogP contribution in [-0.4, -0.2) is 25.6 Å². The molecule has 0 unspecified atom stereocenters. The second-order valence-corrected chi connectivity index (χ2v) is 8.13. The summed E-state index contributed by atoms with van der Waals surface area (Å²) in [6.07, 6.45) is 0. The number of rotatable bonds is 8. The topological polar surface area (TPSA) is 125 Å². The standard InChI is InChI=1S/C21H17N5O5S2/c1-13-4-2-7-16(8-13)30-11-19-24-25(21(32)31-19)10-18(27)23-20-22-17(12-33-20)14-5-3-6-15(9-14)26(28)29/h2-9,12H,10-11H2,1H3,(H,22,23,27). The van der Waals surface area contributed by atoms with Gasteiger partial charge in [-0.1, -0.05) is 24.3 Å². The van der Waals surface area contributed by atoms with Crippen LogP contribution in [0.5, 0.6) is 5.75 Å². The van der Waals surface area contributed by atoms with Gasteiger partial charge in [0.25, 0.3) is 16.4 Å². The lowest BCUT2D eigenvalue weighted by Gasteiger charge is -2.03. The number of nitrogens with zero attached hydrogens (tertiary/aromatic N) is 4. The molecule has 33 heavy (non-hydrogen) atoms. The number of non-ortho nitro benzene ring substituents is 1. The number of nitrogens with one attached hydrogen (secondary N) is 1. The van der Waals surface area contributed by atoms with Gasteiger partial charge in [-0.3, -0.25) is 14.9 Å². The highest BCUT2D eigenvalue weighted by atomic mass is 32.1. The number of hydrogen-bond acceptors (Lipinski definition) is 9. The van der Waals surface area contributed by atoms with Crippen molar-refractivity contribution in [3.05, 3.63) is 80.3 Å². The third-order valence-corrected chi connectivity index (χ3v) is 5.45. The van der Waals surface area contributed by atoms with Gasteiger partial charge in [0.2, 0.25) is 5.91 Å². The zero-order valence-electron chi connectivity index (χ0n) is 17.3. The summed E-state index contributed by atoms with van der Waals surface area (Å²) in [4.78, 5) is 27.3. The summed E-state index contributed by atoms with van der Waals surface area (Å²) in [5, 5.41) is 19.9. The average molecular weight is 484 g/mol. The van der Waals surface area contributed by atoms with Crippen LogP contribution in [0.3, 0.4) is 0 Å². The molecule has 168 valence electrons. The molecule has 2 aromatic heterocycles. The van der Waals surface area contributed by atoms with Crippen molar-refractivity contribution in [1.29, 1.82) is 0 Å². The van der Waals surface area contributed by atoms with E-state index >= 15 is 0 Å². The van der Waals surface area contributed by atoms with Crippen molar-refractivity contribution in [1.82, 2.24) is 14.8 Å². The quantitative estimate of drug-likeness (QED) is 0.216. The third-order valence-electron chi connectivity index (χ3n) is 4.40. The molecule has 1 N–H and O–H groups in total. The summed E-state index contributed by atoms with van der Waals surface area (Å²) in [6.45, 7) is 1.86. The minimum atomic E-state index is -0.472. The number of thiazole rings is 1. The van der Waals surface area contributed by atoms with Gasteiger partial charge >= 0.3 is 0 Å². The SMILES string of the molecule is Cc1cccc(OCc2nn(CC(=O)Nc3nc(-c4cccc([N+](=O)[O-])c4)cs3)c(=S)o2)c1. The van der Waals surface area contributed by atoms with Crippen LogP contribution in [0.25, 0.3) is 11.3 Å². The Kier molecular flexibility index (Phi) is 6.56. The molecule has 0 aliphatic carbocycles. The second kappa shape index (κ2) is 9.71. The third kappa shape index (κ3) is 5.67. The predicted octanol–water partition coefficient (Wildman–Crippen LogP) is 4.76. The number of anilines is 1. The fraction of sp³-hybridized carbons (Fsp3) is 0.143. The molecule has 0 radical (unpaired) electrons. The Morgan fingerprint density at radius 1 is 1.30 bits per heavy atom. The smallest absolute Gasteiger partial charge is 0.287 e.